The highest BCUT2D eigenvalue weighted by Crippen LogP contribution is 2.19. The molecule has 0 bridgehead atoms. The van der Waals surface area contributed by atoms with E-state index in [9.17, 15) is 9.59 Å². The SMILES string of the molecule is CC(C)COC(=O)N1CCC(C(=O)NCc2cccc(CN3CCCCCC3)c2)CC1. The van der Waals surface area contributed by atoms with Gasteiger partial charge in [0, 0.05) is 32.1 Å². The maximum atomic E-state index is 12.6. The molecule has 3 rings (SSSR count). The first-order chi connectivity index (χ1) is 15.0. The van der Waals surface area contributed by atoms with Crippen molar-refractivity contribution in [2.24, 2.45) is 11.8 Å². The van der Waals surface area contributed by atoms with Crippen LogP contribution in [0.3, 0.4) is 0 Å². The van der Waals surface area contributed by atoms with Crippen molar-refractivity contribution in [1.82, 2.24) is 15.1 Å². The third-order valence-electron chi connectivity index (χ3n) is 6.23. The summed E-state index contributed by atoms with van der Waals surface area (Å²) in [6.45, 7) is 9.57. The van der Waals surface area contributed by atoms with E-state index in [1.54, 1.807) is 4.90 Å². The van der Waals surface area contributed by atoms with Crippen molar-refractivity contribution in [3.63, 3.8) is 0 Å². The van der Waals surface area contributed by atoms with Crippen LogP contribution in [0.4, 0.5) is 4.79 Å². The number of amides is 2. The number of hydrogen-bond acceptors (Lipinski definition) is 4. The number of nitrogens with one attached hydrogen (secondary N) is 1. The summed E-state index contributed by atoms with van der Waals surface area (Å²) in [6.07, 6.45) is 6.42. The normalized spacial score (nSPS) is 18.6. The van der Waals surface area contributed by atoms with Crippen molar-refractivity contribution in [3.8, 4) is 0 Å². The van der Waals surface area contributed by atoms with E-state index in [4.69, 9.17) is 4.74 Å². The van der Waals surface area contributed by atoms with Crippen LogP contribution in [0, 0.1) is 11.8 Å². The fraction of sp³-hybridized carbons (Fsp3) is 0.680. The molecule has 2 aliphatic rings. The molecular weight excluding hydrogens is 390 g/mol. The van der Waals surface area contributed by atoms with E-state index in [0.717, 1.165) is 12.1 Å². The zero-order valence-corrected chi connectivity index (χ0v) is 19.3. The van der Waals surface area contributed by atoms with Gasteiger partial charge in [0.25, 0.3) is 0 Å². The van der Waals surface area contributed by atoms with Gasteiger partial charge in [-0.1, -0.05) is 51.0 Å². The second kappa shape index (κ2) is 12.1. The van der Waals surface area contributed by atoms with Gasteiger partial charge in [0.05, 0.1) is 6.61 Å². The molecule has 0 aliphatic carbocycles. The number of ether oxygens (including phenoxy) is 1. The quantitative estimate of drug-likeness (QED) is 0.706. The number of nitrogens with zero attached hydrogens (tertiary/aromatic N) is 2. The molecule has 2 fully saturated rings. The van der Waals surface area contributed by atoms with Crippen LogP contribution in [0.5, 0.6) is 0 Å². The van der Waals surface area contributed by atoms with Crippen molar-refractivity contribution in [3.05, 3.63) is 35.4 Å². The molecule has 0 saturated carbocycles. The standard InChI is InChI=1S/C25H39N3O3/c1-20(2)19-31-25(30)28-14-10-23(11-15-28)24(29)26-17-21-8-7-9-22(16-21)18-27-12-5-3-4-6-13-27/h7-9,16,20,23H,3-6,10-15,17-19H2,1-2H3,(H,26,29). The summed E-state index contributed by atoms with van der Waals surface area (Å²) in [4.78, 5) is 29.0. The first kappa shape index (κ1) is 23.6. The lowest BCUT2D eigenvalue weighted by molar-refractivity contribution is -0.126. The molecule has 0 aromatic heterocycles. The van der Waals surface area contributed by atoms with E-state index in [0.29, 0.717) is 45.0 Å². The summed E-state index contributed by atoms with van der Waals surface area (Å²) in [5, 5.41) is 3.11. The van der Waals surface area contributed by atoms with Gasteiger partial charge >= 0.3 is 6.09 Å². The Hall–Kier alpha value is -2.08. The van der Waals surface area contributed by atoms with E-state index in [2.05, 4.69) is 34.5 Å². The molecule has 6 heteroatoms. The summed E-state index contributed by atoms with van der Waals surface area (Å²) in [5.41, 5.74) is 2.47. The monoisotopic (exact) mass is 429 g/mol. The zero-order valence-electron chi connectivity index (χ0n) is 19.3. The molecule has 6 nitrogen and oxygen atoms in total. The van der Waals surface area contributed by atoms with Gasteiger partial charge in [0.15, 0.2) is 0 Å². The zero-order chi connectivity index (χ0) is 22.1. The van der Waals surface area contributed by atoms with Gasteiger partial charge < -0.3 is 15.0 Å². The number of carbonyl (C=O) groups excluding carboxylic acids is 2. The minimum Gasteiger partial charge on any atom is -0.449 e. The lowest BCUT2D eigenvalue weighted by Gasteiger charge is -2.30. The second-order valence-electron chi connectivity index (χ2n) is 9.46. The molecule has 0 spiro atoms. The maximum absolute atomic E-state index is 12.6. The summed E-state index contributed by atoms with van der Waals surface area (Å²) in [7, 11) is 0. The van der Waals surface area contributed by atoms with Gasteiger partial charge in [-0.2, -0.15) is 0 Å². The number of rotatable bonds is 7. The molecule has 2 amide bonds. The molecule has 1 N–H and O–H groups in total. The lowest BCUT2D eigenvalue weighted by Crippen LogP contribution is -2.43. The topological polar surface area (TPSA) is 61.9 Å². The summed E-state index contributed by atoms with van der Waals surface area (Å²) < 4.78 is 5.30. The first-order valence-electron chi connectivity index (χ1n) is 12.0. The van der Waals surface area contributed by atoms with Crippen molar-refractivity contribution in [2.75, 3.05) is 32.8 Å². The third kappa shape index (κ3) is 7.84. The van der Waals surface area contributed by atoms with Crippen LogP contribution in [0.15, 0.2) is 24.3 Å². The largest absolute Gasteiger partial charge is 0.449 e. The molecule has 0 unspecified atom stereocenters. The fourth-order valence-corrected chi connectivity index (χ4v) is 4.38. The first-order valence-corrected chi connectivity index (χ1v) is 12.0. The van der Waals surface area contributed by atoms with Crippen LogP contribution >= 0.6 is 0 Å². The fourth-order valence-electron chi connectivity index (χ4n) is 4.38. The smallest absolute Gasteiger partial charge is 0.409 e. The minimum absolute atomic E-state index is 0.0329. The van der Waals surface area contributed by atoms with Gasteiger partial charge in [-0.3, -0.25) is 9.69 Å². The number of carbonyl (C=O) groups is 2. The number of benzene rings is 1. The van der Waals surface area contributed by atoms with Crippen molar-refractivity contribution in [1.29, 1.82) is 0 Å². The molecule has 0 atom stereocenters. The van der Waals surface area contributed by atoms with Crippen LogP contribution in [0.2, 0.25) is 0 Å². The van der Waals surface area contributed by atoms with Gasteiger partial charge in [0.2, 0.25) is 5.91 Å². The molecule has 2 aliphatic heterocycles. The Morgan fingerprint density at radius 3 is 2.39 bits per heavy atom. The molecule has 0 radical (unpaired) electrons. The van der Waals surface area contributed by atoms with Crippen LogP contribution in [-0.4, -0.2) is 54.6 Å². The average molecular weight is 430 g/mol. The Kier molecular flexibility index (Phi) is 9.19. The van der Waals surface area contributed by atoms with Crippen LogP contribution in [0.1, 0.15) is 63.5 Å². The Balaban J connectivity index is 1.41. The van der Waals surface area contributed by atoms with Gasteiger partial charge in [-0.25, -0.2) is 4.79 Å². The van der Waals surface area contributed by atoms with Gasteiger partial charge in [-0.05, 0) is 55.8 Å². The summed E-state index contributed by atoms with van der Waals surface area (Å²) >= 11 is 0. The van der Waals surface area contributed by atoms with Crippen LogP contribution in [-0.2, 0) is 22.6 Å². The highest BCUT2D eigenvalue weighted by atomic mass is 16.6. The van der Waals surface area contributed by atoms with E-state index in [1.807, 2.05) is 13.8 Å². The predicted octanol–water partition coefficient (Wildman–Crippen LogP) is 4.18. The highest BCUT2D eigenvalue weighted by Gasteiger charge is 2.28. The molecule has 31 heavy (non-hydrogen) atoms. The van der Waals surface area contributed by atoms with E-state index >= 15 is 0 Å². The average Bonchev–Trinajstić information content (AvgIpc) is 3.05. The van der Waals surface area contributed by atoms with Gasteiger partial charge in [0.1, 0.15) is 0 Å². The number of hydrogen-bond donors (Lipinski definition) is 1. The van der Waals surface area contributed by atoms with Crippen LogP contribution in [0.25, 0.3) is 0 Å². The third-order valence-corrected chi connectivity index (χ3v) is 6.23. The molecule has 1 aromatic carbocycles. The van der Waals surface area contributed by atoms with E-state index < -0.39 is 0 Å². The molecule has 2 heterocycles. The van der Waals surface area contributed by atoms with Crippen LogP contribution < -0.4 is 5.32 Å². The minimum atomic E-state index is -0.256. The van der Waals surface area contributed by atoms with E-state index in [-0.39, 0.29) is 17.9 Å². The Labute approximate surface area is 187 Å². The van der Waals surface area contributed by atoms with Crippen molar-refractivity contribution in [2.45, 2.75) is 65.5 Å². The Morgan fingerprint density at radius 2 is 1.71 bits per heavy atom. The Bertz CT molecular complexity index is 706. The second-order valence-corrected chi connectivity index (χ2v) is 9.46. The predicted molar refractivity (Wildman–Crippen MR) is 123 cm³/mol. The number of piperidine rings is 1. The molecular formula is C25H39N3O3. The van der Waals surface area contributed by atoms with Gasteiger partial charge in [-0.15, -0.1) is 0 Å². The Morgan fingerprint density at radius 1 is 1.03 bits per heavy atom. The molecule has 1 aromatic rings. The highest BCUT2D eigenvalue weighted by molar-refractivity contribution is 5.79. The molecule has 172 valence electrons. The summed E-state index contributed by atoms with van der Waals surface area (Å²) in [5.74, 6) is 0.387. The van der Waals surface area contributed by atoms with Crippen molar-refractivity contribution >= 4 is 12.0 Å². The van der Waals surface area contributed by atoms with E-state index in [1.165, 1.54) is 44.3 Å². The summed E-state index contributed by atoms with van der Waals surface area (Å²) in [6, 6.07) is 8.58. The molecule has 2 saturated heterocycles. The van der Waals surface area contributed by atoms with Crippen molar-refractivity contribution < 1.29 is 14.3 Å². The maximum Gasteiger partial charge on any atom is 0.409 e. The lowest BCUT2D eigenvalue weighted by atomic mass is 9.96. The number of likely N-dealkylation sites (tertiary alicyclic amines) is 2.